The first-order chi connectivity index (χ1) is 7.72. The number of halogens is 1. The van der Waals surface area contributed by atoms with Crippen molar-refractivity contribution in [3.05, 3.63) is 28.0 Å². The van der Waals surface area contributed by atoms with Crippen molar-refractivity contribution in [1.82, 2.24) is 4.98 Å². The highest BCUT2D eigenvalue weighted by atomic mass is 79.9. The van der Waals surface area contributed by atoms with Gasteiger partial charge in [0, 0.05) is 18.8 Å². The highest BCUT2D eigenvalue weighted by molar-refractivity contribution is 9.10. The van der Waals surface area contributed by atoms with Crippen LogP contribution in [0.4, 0.5) is 0 Å². The number of nitriles is 1. The summed E-state index contributed by atoms with van der Waals surface area (Å²) in [5.74, 6) is 0. The fourth-order valence-corrected chi connectivity index (χ4v) is 1.57. The van der Waals surface area contributed by atoms with Crippen molar-refractivity contribution in [3.8, 4) is 6.07 Å². The second-order valence-corrected chi connectivity index (χ2v) is 3.74. The van der Waals surface area contributed by atoms with E-state index in [0.29, 0.717) is 29.1 Å². The average molecular weight is 285 g/mol. The minimum absolute atomic E-state index is 0.321. The van der Waals surface area contributed by atoms with E-state index in [-0.39, 0.29) is 0 Å². The largest absolute Gasteiger partial charge is 0.349 e. The molecule has 0 radical (unpaired) electrons. The number of hydrogen-bond donors (Lipinski definition) is 0. The van der Waals surface area contributed by atoms with Crippen LogP contribution in [-0.2, 0) is 9.47 Å². The number of hydrogen-bond acceptors (Lipinski definition) is 4. The van der Waals surface area contributed by atoms with E-state index >= 15 is 0 Å². The Labute approximate surface area is 103 Å². The number of nitrogens with zero attached hydrogens (tertiary/aromatic N) is 2. The van der Waals surface area contributed by atoms with Crippen molar-refractivity contribution in [1.29, 1.82) is 5.26 Å². The third-order valence-corrected chi connectivity index (χ3v) is 2.33. The number of aromatic nitrogens is 1. The minimum atomic E-state index is -0.523. The van der Waals surface area contributed by atoms with Gasteiger partial charge in [0.2, 0.25) is 0 Å². The van der Waals surface area contributed by atoms with Gasteiger partial charge in [-0.1, -0.05) is 0 Å². The van der Waals surface area contributed by atoms with Crippen molar-refractivity contribution in [2.24, 2.45) is 0 Å². The maximum absolute atomic E-state index is 8.98. The standard InChI is InChI=1S/C11H13BrN2O2/c1-3-15-11(16-4-2)8-5-6-10(12)14-9(8)7-13/h5-6,11H,3-4H2,1-2H3. The first-order valence-corrected chi connectivity index (χ1v) is 5.82. The Morgan fingerprint density at radius 2 is 2.00 bits per heavy atom. The average Bonchev–Trinajstić information content (AvgIpc) is 2.28. The summed E-state index contributed by atoms with van der Waals surface area (Å²) in [6, 6.07) is 5.58. The molecule has 0 N–H and O–H groups in total. The number of ether oxygens (including phenoxy) is 2. The molecule has 0 bridgehead atoms. The SMILES string of the molecule is CCOC(OCC)c1ccc(Br)nc1C#N. The first kappa shape index (κ1) is 13.1. The zero-order valence-corrected chi connectivity index (χ0v) is 10.8. The predicted molar refractivity (Wildman–Crippen MR) is 62.6 cm³/mol. The molecule has 1 heterocycles. The second-order valence-electron chi connectivity index (χ2n) is 2.93. The quantitative estimate of drug-likeness (QED) is 0.616. The molecule has 0 fully saturated rings. The van der Waals surface area contributed by atoms with Gasteiger partial charge >= 0.3 is 0 Å². The molecule has 0 amide bonds. The van der Waals surface area contributed by atoms with Crippen LogP contribution in [0.5, 0.6) is 0 Å². The van der Waals surface area contributed by atoms with Crippen LogP contribution in [0.1, 0.15) is 31.4 Å². The summed E-state index contributed by atoms with van der Waals surface area (Å²) >= 11 is 3.22. The van der Waals surface area contributed by atoms with Gasteiger partial charge in [0.1, 0.15) is 16.4 Å². The molecule has 0 saturated heterocycles. The Morgan fingerprint density at radius 1 is 1.38 bits per heavy atom. The van der Waals surface area contributed by atoms with Crippen LogP contribution in [0.25, 0.3) is 0 Å². The summed E-state index contributed by atoms with van der Waals surface area (Å²) in [7, 11) is 0. The van der Waals surface area contributed by atoms with Crippen LogP contribution in [-0.4, -0.2) is 18.2 Å². The normalized spacial score (nSPS) is 10.4. The maximum Gasteiger partial charge on any atom is 0.186 e. The predicted octanol–water partition coefficient (Wildman–Crippen LogP) is 2.79. The van der Waals surface area contributed by atoms with Crippen LogP contribution in [0.3, 0.4) is 0 Å². The van der Waals surface area contributed by atoms with Gasteiger partial charge < -0.3 is 9.47 Å². The Balaban J connectivity index is 3.03. The van der Waals surface area contributed by atoms with E-state index in [2.05, 4.69) is 20.9 Å². The summed E-state index contributed by atoms with van der Waals surface area (Å²) in [6.45, 7) is 4.80. The molecule has 0 spiro atoms. The highest BCUT2D eigenvalue weighted by Crippen LogP contribution is 2.23. The molecule has 0 aliphatic rings. The lowest BCUT2D eigenvalue weighted by atomic mass is 10.2. The Morgan fingerprint density at radius 3 is 2.50 bits per heavy atom. The number of pyridine rings is 1. The lowest BCUT2D eigenvalue weighted by Gasteiger charge is -2.17. The molecule has 1 aromatic rings. The maximum atomic E-state index is 8.98. The summed E-state index contributed by atoms with van der Waals surface area (Å²) in [6.07, 6.45) is -0.523. The molecule has 0 aliphatic heterocycles. The van der Waals surface area contributed by atoms with Crippen LogP contribution >= 0.6 is 15.9 Å². The Bertz CT molecular complexity index is 384. The van der Waals surface area contributed by atoms with Crippen LogP contribution in [0, 0.1) is 11.3 Å². The van der Waals surface area contributed by atoms with Gasteiger partial charge in [-0.3, -0.25) is 0 Å². The summed E-state index contributed by atoms with van der Waals surface area (Å²) in [5, 5.41) is 8.98. The Hall–Kier alpha value is -0.960. The monoisotopic (exact) mass is 284 g/mol. The molecule has 0 unspecified atom stereocenters. The molecule has 16 heavy (non-hydrogen) atoms. The molecular weight excluding hydrogens is 272 g/mol. The van der Waals surface area contributed by atoms with Gasteiger partial charge in [-0.25, -0.2) is 4.98 Å². The molecule has 1 rings (SSSR count). The lowest BCUT2D eigenvalue weighted by molar-refractivity contribution is -0.140. The molecule has 0 aliphatic carbocycles. The minimum Gasteiger partial charge on any atom is -0.349 e. The van der Waals surface area contributed by atoms with Gasteiger partial charge in [-0.15, -0.1) is 0 Å². The van der Waals surface area contributed by atoms with Crippen LogP contribution in [0.15, 0.2) is 16.7 Å². The van der Waals surface area contributed by atoms with E-state index in [1.807, 2.05) is 19.9 Å². The van der Waals surface area contributed by atoms with E-state index in [4.69, 9.17) is 14.7 Å². The van der Waals surface area contributed by atoms with Crippen LogP contribution < -0.4 is 0 Å². The number of rotatable bonds is 5. The van der Waals surface area contributed by atoms with Gasteiger partial charge in [0.25, 0.3) is 0 Å². The molecule has 0 atom stereocenters. The lowest BCUT2D eigenvalue weighted by Crippen LogP contribution is -2.11. The van der Waals surface area contributed by atoms with Gasteiger partial charge in [0.15, 0.2) is 6.29 Å². The first-order valence-electron chi connectivity index (χ1n) is 5.02. The van der Waals surface area contributed by atoms with Gasteiger partial charge in [-0.05, 0) is 41.9 Å². The summed E-state index contributed by atoms with van der Waals surface area (Å²) in [4.78, 5) is 4.07. The third-order valence-electron chi connectivity index (χ3n) is 1.89. The molecule has 5 heteroatoms. The molecule has 1 aromatic heterocycles. The van der Waals surface area contributed by atoms with Crippen molar-refractivity contribution in [2.45, 2.75) is 20.1 Å². The smallest absolute Gasteiger partial charge is 0.186 e. The van der Waals surface area contributed by atoms with E-state index in [1.54, 1.807) is 12.1 Å². The molecule has 86 valence electrons. The fraction of sp³-hybridized carbons (Fsp3) is 0.455. The molecule has 4 nitrogen and oxygen atoms in total. The molecule has 0 saturated carbocycles. The van der Waals surface area contributed by atoms with Crippen molar-refractivity contribution >= 4 is 15.9 Å². The zero-order valence-electron chi connectivity index (χ0n) is 9.24. The summed E-state index contributed by atoms with van der Waals surface area (Å²) in [5.41, 5.74) is 0.982. The van der Waals surface area contributed by atoms with E-state index < -0.39 is 6.29 Å². The van der Waals surface area contributed by atoms with Crippen LogP contribution in [0.2, 0.25) is 0 Å². The van der Waals surface area contributed by atoms with Crippen molar-refractivity contribution in [3.63, 3.8) is 0 Å². The summed E-state index contributed by atoms with van der Waals surface area (Å²) < 4.78 is 11.5. The van der Waals surface area contributed by atoms with Gasteiger partial charge in [-0.2, -0.15) is 5.26 Å². The topological polar surface area (TPSA) is 55.1 Å². The fourth-order valence-electron chi connectivity index (χ4n) is 1.26. The molecule has 0 aromatic carbocycles. The Kier molecular flexibility index (Phi) is 5.39. The highest BCUT2D eigenvalue weighted by Gasteiger charge is 2.16. The van der Waals surface area contributed by atoms with E-state index in [9.17, 15) is 0 Å². The second kappa shape index (κ2) is 6.59. The van der Waals surface area contributed by atoms with Crippen molar-refractivity contribution < 1.29 is 9.47 Å². The molecular formula is C11H13BrN2O2. The third kappa shape index (κ3) is 3.27. The van der Waals surface area contributed by atoms with E-state index in [0.717, 1.165) is 0 Å². The zero-order chi connectivity index (χ0) is 12.0. The van der Waals surface area contributed by atoms with E-state index in [1.165, 1.54) is 0 Å². The van der Waals surface area contributed by atoms with Crippen molar-refractivity contribution in [2.75, 3.05) is 13.2 Å². The van der Waals surface area contributed by atoms with Gasteiger partial charge in [0.05, 0.1) is 0 Å².